The largest absolute Gasteiger partial charge is 0.497 e. The molecule has 1 aliphatic carbocycles. The Kier molecular flexibility index (Phi) is 6.79. The zero-order chi connectivity index (χ0) is 21.0. The molecule has 1 saturated carbocycles. The molecule has 29 heavy (non-hydrogen) atoms. The highest BCUT2D eigenvalue weighted by molar-refractivity contribution is 8.00. The molecule has 1 aromatic carbocycles. The lowest BCUT2D eigenvalue weighted by atomic mass is 9.85. The van der Waals surface area contributed by atoms with Crippen molar-refractivity contribution in [2.24, 2.45) is 11.7 Å². The van der Waals surface area contributed by atoms with E-state index in [0.717, 1.165) is 36.4 Å². The number of carbonyl (C=O) groups excluding carboxylic acids is 2. The fourth-order valence-corrected chi connectivity index (χ4v) is 4.61. The number of methoxy groups -OCH3 is 1. The Balaban J connectivity index is 1.96. The molecule has 0 unspecified atom stereocenters. The number of benzene rings is 1. The van der Waals surface area contributed by atoms with Gasteiger partial charge < -0.3 is 10.5 Å². The van der Waals surface area contributed by atoms with Gasteiger partial charge in [0.1, 0.15) is 5.75 Å². The van der Waals surface area contributed by atoms with Crippen LogP contribution < -0.4 is 15.8 Å². The van der Waals surface area contributed by atoms with Crippen LogP contribution in [0, 0.1) is 5.92 Å². The first-order valence-electron chi connectivity index (χ1n) is 9.77. The normalized spacial score (nSPS) is 20.1. The third kappa shape index (κ3) is 4.90. The Hall–Kier alpha value is -2.55. The van der Waals surface area contributed by atoms with Gasteiger partial charge in [0.05, 0.1) is 12.4 Å². The topological polar surface area (TPSA) is 112 Å². The number of nitrogens with zero attached hydrogens (tertiary/aromatic N) is 3. The van der Waals surface area contributed by atoms with Crippen LogP contribution in [-0.4, -0.2) is 39.1 Å². The Labute approximate surface area is 174 Å². The molecule has 3 rings (SSSR count). The molecule has 1 aliphatic rings. The van der Waals surface area contributed by atoms with Gasteiger partial charge in [0.15, 0.2) is 11.0 Å². The molecule has 156 valence electrons. The van der Waals surface area contributed by atoms with Crippen LogP contribution in [-0.2, 0) is 4.79 Å². The van der Waals surface area contributed by atoms with Crippen LogP contribution in [0.15, 0.2) is 29.4 Å². The summed E-state index contributed by atoms with van der Waals surface area (Å²) in [5.41, 5.74) is 6.01. The molecule has 0 bridgehead atoms. The molecular weight excluding hydrogens is 390 g/mol. The third-order valence-corrected chi connectivity index (χ3v) is 6.37. The first-order chi connectivity index (χ1) is 13.9. The number of ether oxygens (including phenoxy) is 1. The molecule has 3 amide bonds. The maximum Gasteiger partial charge on any atom is 0.318 e. The number of aromatic nitrogens is 3. The molecule has 1 fully saturated rings. The fourth-order valence-electron chi connectivity index (χ4n) is 3.71. The molecule has 1 aromatic heterocycles. The minimum Gasteiger partial charge on any atom is -0.497 e. The van der Waals surface area contributed by atoms with Crippen LogP contribution in [0.25, 0.3) is 11.4 Å². The van der Waals surface area contributed by atoms with Crippen molar-refractivity contribution in [3.05, 3.63) is 24.3 Å². The zero-order valence-electron chi connectivity index (χ0n) is 16.9. The van der Waals surface area contributed by atoms with Gasteiger partial charge in [0.2, 0.25) is 5.91 Å². The van der Waals surface area contributed by atoms with Crippen molar-refractivity contribution in [2.75, 3.05) is 7.11 Å². The molecule has 1 heterocycles. The SMILES string of the molecule is COc1ccc(-c2nnc(S[C@H](C)C(=O)NC(N)=O)n2[C@@H]2CCCC[C@H]2C)cc1. The minimum atomic E-state index is -0.858. The Morgan fingerprint density at radius 1 is 1.24 bits per heavy atom. The summed E-state index contributed by atoms with van der Waals surface area (Å²) in [7, 11) is 1.63. The summed E-state index contributed by atoms with van der Waals surface area (Å²) in [4.78, 5) is 23.2. The quantitative estimate of drug-likeness (QED) is 0.697. The molecule has 3 atom stereocenters. The van der Waals surface area contributed by atoms with Gasteiger partial charge in [-0.25, -0.2) is 4.79 Å². The summed E-state index contributed by atoms with van der Waals surface area (Å²) in [5.74, 6) is 1.58. The summed E-state index contributed by atoms with van der Waals surface area (Å²) in [6, 6.07) is 7.12. The predicted octanol–water partition coefficient (Wildman–Crippen LogP) is 3.38. The molecule has 3 N–H and O–H groups in total. The Morgan fingerprint density at radius 3 is 2.55 bits per heavy atom. The fraction of sp³-hybridized carbons (Fsp3) is 0.500. The van der Waals surface area contributed by atoms with Crippen molar-refractivity contribution in [2.45, 2.75) is 56.0 Å². The number of imide groups is 1. The van der Waals surface area contributed by atoms with E-state index in [4.69, 9.17) is 10.5 Å². The van der Waals surface area contributed by atoms with Gasteiger partial charge >= 0.3 is 6.03 Å². The predicted molar refractivity (Wildman–Crippen MR) is 112 cm³/mol. The molecule has 8 nitrogen and oxygen atoms in total. The highest BCUT2D eigenvalue weighted by Crippen LogP contribution is 2.39. The lowest BCUT2D eigenvalue weighted by Gasteiger charge is -2.31. The van der Waals surface area contributed by atoms with E-state index >= 15 is 0 Å². The zero-order valence-corrected chi connectivity index (χ0v) is 17.7. The standard InChI is InChI=1S/C20H27N5O3S/c1-12-6-4-5-7-16(12)25-17(14-8-10-15(28-3)11-9-14)23-24-20(25)29-13(2)18(26)22-19(21)27/h8-13,16H,4-7H2,1-3H3,(H3,21,22,26,27)/t12-,13-,16-/m1/s1. The number of rotatable bonds is 6. The number of primary amides is 1. The van der Waals surface area contributed by atoms with E-state index in [1.165, 1.54) is 18.2 Å². The highest BCUT2D eigenvalue weighted by atomic mass is 32.2. The van der Waals surface area contributed by atoms with Gasteiger partial charge in [-0.2, -0.15) is 0 Å². The monoisotopic (exact) mass is 417 g/mol. The molecule has 0 saturated heterocycles. The second-order valence-electron chi connectivity index (χ2n) is 7.35. The van der Waals surface area contributed by atoms with Crippen molar-refractivity contribution in [1.82, 2.24) is 20.1 Å². The van der Waals surface area contributed by atoms with Gasteiger partial charge in [-0.1, -0.05) is 31.5 Å². The average Bonchev–Trinajstić information content (AvgIpc) is 3.11. The van der Waals surface area contributed by atoms with Crippen molar-refractivity contribution in [3.63, 3.8) is 0 Å². The van der Waals surface area contributed by atoms with Gasteiger partial charge in [0, 0.05) is 11.6 Å². The Morgan fingerprint density at radius 2 is 1.93 bits per heavy atom. The van der Waals surface area contributed by atoms with E-state index in [0.29, 0.717) is 11.1 Å². The molecule has 9 heteroatoms. The van der Waals surface area contributed by atoms with Gasteiger partial charge in [-0.15, -0.1) is 10.2 Å². The van der Waals surface area contributed by atoms with E-state index < -0.39 is 17.2 Å². The van der Waals surface area contributed by atoms with E-state index in [2.05, 4.69) is 27.0 Å². The summed E-state index contributed by atoms with van der Waals surface area (Å²) >= 11 is 1.28. The molecule has 0 aliphatic heterocycles. The first kappa shape index (κ1) is 21.2. The molecule has 0 radical (unpaired) electrons. The summed E-state index contributed by atoms with van der Waals surface area (Å²) in [6.07, 6.45) is 4.55. The van der Waals surface area contributed by atoms with E-state index in [-0.39, 0.29) is 6.04 Å². The third-order valence-electron chi connectivity index (χ3n) is 5.31. The van der Waals surface area contributed by atoms with Crippen LogP contribution in [0.4, 0.5) is 4.79 Å². The van der Waals surface area contributed by atoms with Crippen LogP contribution in [0.2, 0.25) is 0 Å². The summed E-state index contributed by atoms with van der Waals surface area (Å²) < 4.78 is 7.41. The lowest BCUT2D eigenvalue weighted by molar-refractivity contribution is -0.119. The van der Waals surface area contributed by atoms with Gasteiger partial charge in [0.25, 0.3) is 0 Å². The summed E-state index contributed by atoms with van der Waals surface area (Å²) in [5, 5.41) is 11.1. The lowest BCUT2D eigenvalue weighted by Crippen LogP contribution is -2.39. The smallest absolute Gasteiger partial charge is 0.318 e. The maximum absolute atomic E-state index is 12.2. The number of amides is 3. The van der Waals surface area contributed by atoms with Crippen molar-refractivity contribution >= 4 is 23.7 Å². The van der Waals surface area contributed by atoms with Crippen LogP contribution >= 0.6 is 11.8 Å². The first-order valence-corrected chi connectivity index (χ1v) is 10.6. The van der Waals surface area contributed by atoms with Gasteiger partial charge in [-0.3, -0.25) is 14.7 Å². The Bertz CT molecular complexity index is 868. The second kappa shape index (κ2) is 9.30. The van der Waals surface area contributed by atoms with Crippen LogP contribution in [0.3, 0.4) is 0 Å². The average molecular weight is 418 g/mol. The number of nitrogens with one attached hydrogen (secondary N) is 1. The van der Waals surface area contributed by atoms with Crippen molar-refractivity contribution < 1.29 is 14.3 Å². The van der Waals surface area contributed by atoms with E-state index in [1.807, 2.05) is 24.3 Å². The molecule has 0 spiro atoms. The van der Waals surface area contributed by atoms with Crippen LogP contribution in [0.5, 0.6) is 5.75 Å². The van der Waals surface area contributed by atoms with Crippen molar-refractivity contribution in [1.29, 1.82) is 0 Å². The summed E-state index contributed by atoms with van der Waals surface area (Å²) in [6.45, 7) is 3.97. The maximum atomic E-state index is 12.2. The number of hydrogen-bond acceptors (Lipinski definition) is 6. The highest BCUT2D eigenvalue weighted by Gasteiger charge is 2.30. The minimum absolute atomic E-state index is 0.254. The number of thioether (sulfide) groups is 1. The number of urea groups is 1. The van der Waals surface area contributed by atoms with Crippen LogP contribution in [0.1, 0.15) is 45.6 Å². The van der Waals surface area contributed by atoms with Gasteiger partial charge in [-0.05, 0) is 49.9 Å². The number of hydrogen-bond donors (Lipinski definition) is 2. The van der Waals surface area contributed by atoms with E-state index in [1.54, 1.807) is 14.0 Å². The molecule has 2 aromatic rings. The van der Waals surface area contributed by atoms with Crippen molar-refractivity contribution in [3.8, 4) is 17.1 Å². The second-order valence-corrected chi connectivity index (χ2v) is 8.66. The molecular formula is C20H27N5O3S. The number of nitrogens with two attached hydrogens (primary N) is 1. The van der Waals surface area contributed by atoms with E-state index in [9.17, 15) is 9.59 Å². The number of carbonyl (C=O) groups is 2.